The molecule has 1 aliphatic rings. The van der Waals surface area contributed by atoms with Crippen LogP contribution in [0.15, 0.2) is 52.3 Å². The molecule has 1 N–H and O–H groups in total. The van der Waals surface area contributed by atoms with E-state index in [1.54, 1.807) is 0 Å². The van der Waals surface area contributed by atoms with E-state index in [1.807, 2.05) is 30.5 Å². The first-order valence-electron chi connectivity index (χ1n) is 8.48. The van der Waals surface area contributed by atoms with Crippen LogP contribution >= 0.6 is 11.3 Å². The second-order valence-electron chi connectivity index (χ2n) is 6.65. The molecule has 1 aliphatic carbocycles. The van der Waals surface area contributed by atoms with Gasteiger partial charge in [0.05, 0.1) is 12.1 Å². The summed E-state index contributed by atoms with van der Waals surface area (Å²) in [5, 5.41) is 5.83. The number of thiazole rings is 1. The average Bonchev–Trinajstić information content (AvgIpc) is 3.07. The summed E-state index contributed by atoms with van der Waals surface area (Å²) in [6.45, 7) is 2.61. The van der Waals surface area contributed by atoms with Gasteiger partial charge in [0.15, 0.2) is 10.8 Å². The molecule has 0 unspecified atom stereocenters. The molecule has 0 aliphatic heterocycles. The number of benzene rings is 1. The fourth-order valence-corrected chi connectivity index (χ4v) is 3.84. The van der Waals surface area contributed by atoms with Gasteiger partial charge in [0.1, 0.15) is 5.76 Å². The maximum atomic E-state index is 12.3. The van der Waals surface area contributed by atoms with E-state index in [0.717, 1.165) is 35.1 Å². The van der Waals surface area contributed by atoms with Crippen molar-refractivity contribution in [3.05, 3.63) is 64.9 Å². The number of nitrogens with one attached hydrogen (secondary N) is 1. The number of aryl methyl sites for hydroxylation is 1. The van der Waals surface area contributed by atoms with Gasteiger partial charge in [-0.25, -0.2) is 4.98 Å². The fourth-order valence-electron chi connectivity index (χ4n) is 3.06. The van der Waals surface area contributed by atoms with E-state index in [2.05, 4.69) is 34.6 Å². The standard InChI is InChI=1S/C20H20N2O2S/c1-14-7-8-17(24-14)19-22-16(12-25-19)11-18(23)21-13-20(9-10-20)15-5-3-2-4-6-15/h2-8,12H,9-11,13H2,1H3,(H,21,23). The molecule has 0 atom stereocenters. The Labute approximate surface area is 150 Å². The van der Waals surface area contributed by atoms with Crippen molar-refractivity contribution in [3.8, 4) is 10.8 Å². The molecule has 1 fully saturated rings. The Morgan fingerprint density at radius 1 is 1.24 bits per heavy atom. The van der Waals surface area contributed by atoms with Crippen molar-refractivity contribution in [1.29, 1.82) is 0 Å². The Balaban J connectivity index is 1.35. The van der Waals surface area contributed by atoms with Gasteiger partial charge >= 0.3 is 0 Å². The monoisotopic (exact) mass is 352 g/mol. The van der Waals surface area contributed by atoms with Crippen LogP contribution in [0.1, 0.15) is 29.9 Å². The van der Waals surface area contributed by atoms with Crippen LogP contribution in [0.3, 0.4) is 0 Å². The Morgan fingerprint density at radius 2 is 2.04 bits per heavy atom. The molecule has 3 aromatic rings. The van der Waals surface area contributed by atoms with Gasteiger partial charge in [0.2, 0.25) is 5.91 Å². The number of furan rings is 1. The predicted octanol–water partition coefficient (Wildman–Crippen LogP) is 4.10. The molecular weight excluding hydrogens is 332 g/mol. The summed E-state index contributed by atoms with van der Waals surface area (Å²) in [7, 11) is 0. The first-order chi connectivity index (χ1) is 12.1. The summed E-state index contributed by atoms with van der Waals surface area (Å²) in [5.41, 5.74) is 2.24. The Hall–Kier alpha value is -2.40. The number of carbonyl (C=O) groups excluding carboxylic acids is 1. The molecule has 2 heterocycles. The van der Waals surface area contributed by atoms with E-state index < -0.39 is 0 Å². The number of carbonyl (C=O) groups is 1. The summed E-state index contributed by atoms with van der Waals surface area (Å²) in [6.07, 6.45) is 2.58. The first-order valence-corrected chi connectivity index (χ1v) is 9.36. The SMILES string of the molecule is Cc1ccc(-c2nc(CC(=O)NCC3(c4ccccc4)CC3)cs2)o1. The smallest absolute Gasteiger partial charge is 0.226 e. The molecule has 0 spiro atoms. The van der Waals surface area contributed by atoms with Crippen molar-refractivity contribution in [2.24, 2.45) is 0 Å². The van der Waals surface area contributed by atoms with Crippen molar-refractivity contribution < 1.29 is 9.21 Å². The van der Waals surface area contributed by atoms with Crippen molar-refractivity contribution >= 4 is 17.2 Å². The van der Waals surface area contributed by atoms with Crippen LogP contribution in [0.2, 0.25) is 0 Å². The molecular formula is C20H20N2O2S. The second-order valence-corrected chi connectivity index (χ2v) is 7.51. The van der Waals surface area contributed by atoms with Crippen molar-refractivity contribution in [2.75, 3.05) is 6.54 Å². The Kier molecular flexibility index (Phi) is 4.17. The molecule has 0 radical (unpaired) electrons. The molecule has 5 heteroatoms. The summed E-state index contributed by atoms with van der Waals surface area (Å²) in [4.78, 5) is 16.8. The van der Waals surface area contributed by atoms with Gasteiger partial charge in [-0.05, 0) is 37.5 Å². The van der Waals surface area contributed by atoms with Crippen LogP contribution in [-0.2, 0) is 16.6 Å². The number of aromatic nitrogens is 1. The van der Waals surface area contributed by atoms with E-state index in [-0.39, 0.29) is 11.3 Å². The minimum Gasteiger partial charge on any atom is -0.459 e. The van der Waals surface area contributed by atoms with Crippen LogP contribution in [0.25, 0.3) is 10.8 Å². The number of amides is 1. The van der Waals surface area contributed by atoms with Gasteiger partial charge in [0, 0.05) is 17.3 Å². The first kappa shape index (κ1) is 16.1. The van der Waals surface area contributed by atoms with Gasteiger partial charge in [-0.1, -0.05) is 30.3 Å². The third-order valence-corrected chi connectivity index (χ3v) is 5.61. The highest BCUT2D eigenvalue weighted by Gasteiger charge is 2.44. The van der Waals surface area contributed by atoms with E-state index in [0.29, 0.717) is 13.0 Å². The Bertz CT molecular complexity index is 878. The van der Waals surface area contributed by atoms with Crippen molar-refractivity contribution in [2.45, 2.75) is 31.6 Å². The molecule has 1 saturated carbocycles. The number of rotatable bonds is 6. The highest BCUT2D eigenvalue weighted by molar-refractivity contribution is 7.13. The molecule has 1 aromatic carbocycles. The lowest BCUT2D eigenvalue weighted by molar-refractivity contribution is -0.120. The highest BCUT2D eigenvalue weighted by atomic mass is 32.1. The molecule has 4 rings (SSSR count). The molecule has 128 valence electrons. The molecule has 4 nitrogen and oxygen atoms in total. The molecule has 1 amide bonds. The molecule has 0 saturated heterocycles. The van der Waals surface area contributed by atoms with E-state index >= 15 is 0 Å². The quantitative estimate of drug-likeness (QED) is 0.726. The van der Waals surface area contributed by atoms with Gasteiger partial charge in [0.25, 0.3) is 0 Å². The molecule has 25 heavy (non-hydrogen) atoms. The zero-order valence-corrected chi connectivity index (χ0v) is 14.9. The number of hydrogen-bond acceptors (Lipinski definition) is 4. The molecule has 0 bridgehead atoms. The maximum Gasteiger partial charge on any atom is 0.226 e. The topological polar surface area (TPSA) is 55.1 Å². The second kappa shape index (κ2) is 6.48. The third-order valence-electron chi connectivity index (χ3n) is 4.71. The third kappa shape index (κ3) is 3.51. The van der Waals surface area contributed by atoms with Gasteiger partial charge in [-0.2, -0.15) is 0 Å². The minimum absolute atomic E-state index is 0.0229. The van der Waals surface area contributed by atoms with Crippen molar-refractivity contribution in [3.63, 3.8) is 0 Å². The number of nitrogens with zero attached hydrogens (tertiary/aromatic N) is 1. The van der Waals surface area contributed by atoms with E-state index in [9.17, 15) is 4.79 Å². The predicted molar refractivity (Wildman–Crippen MR) is 98.6 cm³/mol. The fraction of sp³-hybridized carbons (Fsp3) is 0.300. The van der Waals surface area contributed by atoms with Gasteiger partial charge in [-0.15, -0.1) is 11.3 Å². The summed E-state index contributed by atoms with van der Waals surface area (Å²) >= 11 is 1.51. The summed E-state index contributed by atoms with van der Waals surface area (Å²) in [6, 6.07) is 14.3. The highest BCUT2D eigenvalue weighted by Crippen LogP contribution is 2.47. The maximum absolute atomic E-state index is 12.3. The minimum atomic E-state index is 0.0229. The van der Waals surface area contributed by atoms with E-state index in [1.165, 1.54) is 16.9 Å². The normalized spacial score (nSPS) is 15.1. The van der Waals surface area contributed by atoms with Crippen LogP contribution in [0.5, 0.6) is 0 Å². The van der Waals surface area contributed by atoms with Crippen LogP contribution in [0.4, 0.5) is 0 Å². The van der Waals surface area contributed by atoms with Crippen LogP contribution in [0, 0.1) is 6.92 Å². The summed E-state index contributed by atoms with van der Waals surface area (Å²) in [5.74, 6) is 1.64. The lowest BCUT2D eigenvalue weighted by atomic mass is 9.96. The zero-order chi connectivity index (χ0) is 17.3. The van der Waals surface area contributed by atoms with Crippen molar-refractivity contribution in [1.82, 2.24) is 10.3 Å². The summed E-state index contributed by atoms with van der Waals surface area (Å²) < 4.78 is 5.58. The average molecular weight is 352 g/mol. The molecule has 2 aromatic heterocycles. The zero-order valence-electron chi connectivity index (χ0n) is 14.1. The van der Waals surface area contributed by atoms with Gasteiger partial charge in [-0.3, -0.25) is 4.79 Å². The van der Waals surface area contributed by atoms with Crippen LogP contribution in [-0.4, -0.2) is 17.4 Å². The largest absolute Gasteiger partial charge is 0.459 e. The number of hydrogen-bond donors (Lipinski definition) is 1. The lowest BCUT2D eigenvalue weighted by Gasteiger charge is -2.16. The lowest BCUT2D eigenvalue weighted by Crippen LogP contribution is -2.33. The van der Waals surface area contributed by atoms with E-state index in [4.69, 9.17) is 4.42 Å². The Morgan fingerprint density at radius 3 is 2.72 bits per heavy atom. The van der Waals surface area contributed by atoms with Gasteiger partial charge < -0.3 is 9.73 Å². The van der Waals surface area contributed by atoms with Crippen LogP contribution < -0.4 is 5.32 Å².